The molecule has 3 nitrogen and oxygen atoms in total. The minimum atomic E-state index is -0.305. The van der Waals surface area contributed by atoms with Gasteiger partial charge in [0.05, 0.1) is 5.69 Å². The van der Waals surface area contributed by atoms with Crippen molar-refractivity contribution in [1.82, 2.24) is 9.97 Å². The van der Waals surface area contributed by atoms with Gasteiger partial charge in [-0.3, -0.25) is 0 Å². The number of aromatic amines is 1. The van der Waals surface area contributed by atoms with Crippen LogP contribution in [0, 0.1) is 5.92 Å². The van der Waals surface area contributed by atoms with Crippen LogP contribution in [0.3, 0.4) is 0 Å². The maximum atomic E-state index is 5.43. The van der Waals surface area contributed by atoms with Crippen molar-refractivity contribution in [2.24, 2.45) is 5.92 Å². The summed E-state index contributed by atoms with van der Waals surface area (Å²) < 4.78 is 5.43. The van der Waals surface area contributed by atoms with E-state index in [2.05, 4.69) is 16.9 Å². The molecule has 1 unspecified atom stereocenters. The lowest BCUT2D eigenvalue weighted by Crippen LogP contribution is -2.21. The molecule has 0 fully saturated rings. The average molecular weight is 208 g/mol. The molecule has 1 aliphatic rings. The molecule has 1 aromatic heterocycles. The van der Waals surface area contributed by atoms with Crippen molar-refractivity contribution in [3.8, 4) is 0 Å². The summed E-state index contributed by atoms with van der Waals surface area (Å²) in [5.74, 6) is 1.74. The zero-order valence-electron chi connectivity index (χ0n) is 10.1. The molecule has 1 heterocycles. The summed E-state index contributed by atoms with van der Waals surface area (Å²) >= 11 is 0. The molecule has 0 radical (unpaired) electrons. The highest BCUT2D eigenvalue weighted by Crippen LogP contribution is 2.28. The first-order valence-corrected chi connectivity index (χ1v) is 5.66. The smallest absolute Gasteiger partial charge is 0.138 e. The van der Waals surface area contributed by atoms with E-state index in [0.29, 0.717) is 0 Å². The molecular weight excluding hydrogens is 188 g/mol. The number of H-pyrrole nitrogens is 1. The second-order valence-electron chi connectivity index (χ2n) is 5.07. The van der Waals surface area contributed by atoms with Crippen molar-refractivity contribution >= 4 is 0 Å². The Morgan fingerprint density at radius 3 is 2.87 bits per heavy atom. The standard InChI is InChI=1S/C12H20N2O/c1-8-5-6-9-10(7-8)14-11(13-9)12(2,3)15-4/h8H,5-7H2,1-4H3,(H,13,14). The minimum absolute atomic E-state index is 0.305. The third-order valence-electron chi connectivity index (χ3n) is 3.37. The number of rotatable bonds is 2. The first-order chi connectivity index (χ1) is 7.03. The molecule has 0 amide bonds. The first-order valence-electron chi connectivity index (χ1n) is 5.66. The summed E-state index contributed by atoms with van der Waals surface area (Å²) in [6.45, 7) is 6.38. The van der Waals surface area contributed by atoms with Gasteiger partial charge in [0.1, 0.15) is 11.4 Å². The molecule has 3 heteroatoms. The van der Waals surface area contributed by atoms with Crippen LogP contribution in [0.5, 0.6) is 0 Å². The zero-order chi connectivity index (χ0) is 11.1. The van der Waals surface area contributed by atoms with Crippen LogP contribution in [0.1, 0.15) is 44.4 Å². The molecule has 1 N–H and O–H groups in total. The van der Waals surface area contributed by atoms with Crippen LogP contribution in [0.25, 0.3) is 0 Å². The molecule has 0 spiro atoms. The average Bonchev–Trinajstić information content (AvgIpc) is 2.61. The maximum Gasteiger partial charge on any atom is 0.138 e. The SMILES string of the molecule is COC(C)(C)c1nc2c([nH]1)CC(C)CC2. The molecule has 0 aliphatic heterocycles. The Hall–Kier alpha value is -0.830. The third-order valence-corrected chi connectivity index (χ3v) is 3.37. The highest BCUT2D eigenvalue weighted by molar-refractivity contribution is 5.20. The van der Waals surface area contributed by atoms with E-state index in [1.807, 2.05) is 13.8 Å². The van der Waals surface area contributed by atoms with Crippen molar-refractivity contribution in [3.05, 3.63) is 17.2 Å². The zero-order valence-corrected chi connectivity index (χ0v) is 10.1. The fourth-order valence-electron chi connectivity index (χ4n) is 2.04. The number of aryl methyl sites for hydroxylation is 1. The van der Waals surface area contributed by atoms with E-state index in [1.54, 1.807) is 7.11 Å². The third kappa shape index (κ3) is 1.93. The fraction of sp³-hybridized carbons (Fsp3) is 0.750. The topological polar surface area (TPSA) is 37.9 Å². The monoisotopic (exact) mass is 208 g/mol. The van der Waals surface area contributed by atoms with Gasteiger partial charge in [-0.2, -0.15) is 0 Å². The lowest BCUT2D eigenvalue weighted by molar-refractivity contribution is 0.0120. The molecule has 1 aromatic rings. The van der Waals surface area contributed by atoms with Gasteiger partial charge in [-0.15, -0.1) is 0 Å². The number of imidazole rings is 1. The summed E-state index contributed by atoms with van der Waals surface area (Å²) in [4.78, 5) is 8.07. The van der Waals surface area contributed by atoms with Gasteiger partial charge >= 0.3 is 0 Å². The summed E-state index contributed by atoms with van der Waals surface area (Å²) in [5, 5.41) is 0. The van der Waals surface area contributed by atoms with Crippen molar-refractivity contribution in [2.45, 2.75) is 45.6 Å². The Morgan fingerprint density at radius 1 is 1.47 bits per heavy atom. The molecule has 1 aliphatic carbocycles. The van der Waals surface area contributed by atoms with Crippen LogP contribution >= 0.6 is 0 Å². The van der Waals surface area contributed by atoms with E-state index in [0.717, 1.165) is 24.6 Å². The number of nitrogens with zero attached hydrogens (tertiary/aromatic N) is 1. The number of hydrogen-bond acceptors (Lipinski definition) is 2. The van der Waals surface area contributed by atoms with Crippen LogP contribution in [0.2, 0.25) is 0 Å². The van der Waals surface area contributed by atoms with E-state index >= 15 is 0 Å². The highest BCUT2D eigenvalue weighted by Gasteiger charge is 2.27. The van der Waals surface area contributed by atoms with E-state index in [-0.39, 0.29) is 5.60 Å². The van der Waals surface area contributed by atoms with Crippen molar-refractivity contribution in [2.75, 3.05) is 7.11 Å². The lowest BCUT2D eigenvalue weighted by atomic mass is 9.92. The molecule has 84 valence electrons. The summed E-state index contributed by atoms with van der Waals surface area (Å²) in [6.07, 6.45) is 3.49. The van der Waals surface area contributed by atoms with Crippen LogP contribution in [0.15, 0.2) is 0 Å². The predicted molar refractivity (Wildman–Crippen MR) is 59.8 cm³/mol. The molecule has 0 saturated carbocycles. The molecule has 2 rings (SSSR count). The van der Waals surface area contributed by atoms with E-state index in [1.165, 1.54) is 17.8 Å². The number of methoxy groups -OCH3 is 1. The Labute approximate surface area is 91.3 Å². The Balaban J connectivity index is 2.30. The van der Waals surface area contributed by atoms with E-state index in [4.69, 9.17) is 4.74 Å². The number of fused-ring (bicyclic) bond motifs is 1. The van der Waals surface area contributed by atoms with Crippen LogP contribution in [-0.2, 0) is 23.2 Å². The van der Waals surface area contributed by atoms with Gasteiger partial charge in [0.2, 0.25) is 0 Å². The van der Waals surface area contributed by atoms with Gasteiger partial charge < -0.3 is 9.72 Å². The van der Waals surface area contributed by atoms with Crippen LogP contribution < -0.4 is 0 Å². The molecule has 0 saturated heterocycles. The van der Waals surface area contributed by atoms with Crippen LogP contribution in [-0.4, -0.2) is 17.1 Å². The first kappa shape index (κ1) is 10.7. The lowest BCUT2D eigenvalue weighted by Gasteiger charge is -2.19. The molecule has 0 bridgehead atoms. The van der Waals surface area contributed by atoms with Crippen molar-refractivity contribution in [3.63, 3.8) is 0 Å². The molecule has 0 aromatic carbocycles. The van der Waals surface area contributed by atoms with Gasteiger partial charge in [-0.1, -0.05) is 6.92 Å². The van der Waals surface area contributed by atoms with Gasteiger partial charge in [0.15, 0.2) is 0 Å². The van der Waals surface area contributed by atoms with Gasteiger partial charge in [-0.05, 0) is 39.0 Å². The second kappa shape index (κ2) is 3.63. The number of ether oxygens (including phenoxy) is 1. The quantitative estimate of drug-likeness (QED) is 0.810. The van der Waals surface area contributed by atoms with Gasteiger partial charge in [0, 0.05) is 12.8 Å². The number of aromatic nitrogens is 2. The van der Waals surface area contributed by atoms with Crippen molar-refractivity contribution < 1.29 is 4.74 Å². The number of hydrogen-bond donors (Lipinski definition) is 1. The number of nitrogens with one attached hydrogen (secondary N) is 1. The second-order valence-corrected chi connectivity index (χ2v) is 5.07. The Bertz CT molecular complexity index is 355. The normalized spacial score (nSPS) is 21.5. The predicted octanol–water partition coefficient (Wildman–Crippen LogP) is 2.42. The largest absolute Gasteiger partial charge is 0.371 e. The molecular formula is C12H20N2O. The maximum absolute atomic E-state index is 5.43. The fourth-order valence-corrected chi connectivity index (χ4v) is 2.04. The van der Waals surface area contributed by atoms with Crippen LogP contribution in [0.4, 0.5) is 0 Å². The minimum Gasteiger partial charge on any atom is -0.371 e. The molecule has 1 atom stereocenters. The van der Waals surface area contributed by atoms with Gasteiger partial charge in [0.25, 0.3) is 0 Å². The van der Waals surface area contributed by atoms with Gasteiger partial charge in [-0.25, -0.2) is 4.98 Å². The summed E-state index contributed by atoms with van der Waals surface area (Å²) in [7, 11) is 1.73. The van der Waals surface area contributed by atoms with Crippen molar-refractivity contribution in [1.29, 1.82) is 0 Å². The Kier molecular flexibility index (Phi) is 2.59. The molecule has 15 heavy (non-hydrogen) atoms. The summed E-state index contributed by atoms with van der Waals surface area (Å²) in [5.41, 5.74) is 2.25. The van der Waals surface area contributed by atoms with E-state index < -0.39 is 0 Å². The van der Waals surface area contributed by atoms with E-state index in [9.17, 15) is 0 Å². The summed E-state index contributed by atoms with van der Waals surface area (Å²) in [6, 6.07) is 0. The Morgan fingerprint density at radius 2 is 2.20 bits per heavy atom. The highest BCUT2D eigenvalue weighted by atomic mass is 16.5.